The van der Waals surface area contributed by atoms with Crippen LogP contribution in [0.2, 0.25) is 0 Å². The highest BCUT2D eigenvalue weighted by atomic mass is 32.2. The summed E-state index contributed by atoms with van der Waals surface area (Å²) in [7, 11) is -0.494. The van der Waals surface area contributed by atoms with E-state index in [4.69, 9.17) is 0 Å². The molecule has 0 spiro atoms. The van der Waals surface area contributed by atoms with Crippen LogP contribution >= 0.6 is 0 Å². The van der Waals surface area contributed by atoms with Gasteiger partial charge in [-0.25, -0.2) is 17.7 Å². The molecule has 2 aromatic rings. The number of nitrogens with zero attached hydrogens (tertiary/aromatic N) is 4. The second kappa shape index (κ2) is 10.2. The summed E-state index contributed by atoms with van der Waals surface area (Å²) in [6, 6.07) is 5.00. The summed E-state index contributed by atoms with van der Waals surface area (Å²) in [4.78, 5) is 19.3. The van der Waals surface area contributed by atoms with Gasteiger partial charge in [0.15, 0.2) is 0 Å². The lowest BCUT2D eigenvalue weighted by molar-refractivity contribution is -0.121. The molecule has 0 fully saturated rings. The highest BCUT2D eigenvalue weighted by Gasteiger charge is 2.19. The van der Waals surface area contributed by atoms with Crippen LogP contribution in [0.25, 0.3) is 11.0 Å². The molecule has 1 heterocycles. The average Bonchev–Trinajstić information content (AvgIpc) is 3.06. The molecule has 0 saturated carbocycles. The van der Waals surface area contributed by atoms with E-state index in [9.17, 15) is 13.2 Å². The molecule has 1 aromatic heterocycles. The molecule has 0 unspecified atom stereocenters. The van der Waals surface area contributed by atoms with Crippen molar-refractivity contribution in [1.82, 2.24) is 24.1 Å². The Bertz CT molecular complexity index is 933. The zero-order chi connectivity index (χ0) is 21.6. The van der Waals surface area contributed by atoms with Crippen LogP contribution in [0.5, 0.6) is 0 Å². The molecular weight excluding hydrogens is 390 g/mol. The largest absolute Gasteiger partial charge is 0.355 e. The SMILES string of the molecule is CCN(CC)CCNC(=O)CCc1nc2cc(S(=O)(=O)N(C)C)ccc2n1CC. The molecule has 1 aromatic carbocycles. The first-order chi connectivity index (χ1) is 13.7. The third kappa shape index (κ3) is 5.55. The molecule has 29 heavy (non-hydrogen) atoms. The Hall–Kier alpha value is -1.97. The molecule has 0 aliphatic rings. The van der Waals surface area contributed by atoms with Crippen LogP contribution < -0.4 is 5.32 Å². The minimum atomic E-state index is -3.51. The molecule has 9 heteroatoms. The first kappa shape index (κ1) is 23.3. The van der Waals surface area contributed by atoms with Crippen molar-refractivity contribution in [3.05, 3.63) is 24.0 Å². The minimum absolute atomic E-state index is 0.00254. The maximum atomic E-state index is 12.4. The molecule has 0 atom stereocenters. The zero-order valence-electron chi connectivity index (χ0n) is 18.1. The number of hydrogen-bond acceptors (Lipinski definition) is 5. The molecule has 2 rings (SSSR count). The Kier molecular flexibility index (Phi) is 8.18. The van der Waals surface area contributed by atoms with Gasteiger partial charge in [-0.1, -0.05) is 13.8 Å². The summed E-state index contributed by atoms with van der Waals surface area (Å²) < 4.78 is 28.0. The van der Waals surface area contributed by atoms with Crippen LogP contribution in [0.1, 0.15) is 33.0 Å². The van der Waals surface area contributed by atoms with Crippen LogP contribution in [-0.2, 0) is 27.8 Å². The van der Waals surface area contributed by atoms with Gasteiger partial charge in [0.25, 0.3) is 0 Å². The predicted molar refractivity (Wildman–Crippen MR) is 115 cm³/mol. The Labute approximate surface area is 173 Å². The van der Waals surface area contributed by atoms with E-state index >= 15 is 0 Å². The summed E-state index contributed by atoms with van der Waals surface area (Å²) >= 11 is 0. The maximum absolute atomic E-state index is 12.4. The standard InChI is InChI=1S/C20H33N5O3S/c1-6-24(7-2)14-13-21-20(26)12-11-19-22-17-15-16(29(27,28)23(4)5)9-10-18(17)25(19)8-3/h9-10,15H,6-8,11-14H2,1-5H3,(H,21,26). The molecular formula is C20H33N5O3S. The van der Waals surface area contributed by atoms with Crippen molar-refractivity contribution in [3.8, 4) is 0 Å². The fourth-order valence-electron chi connectivity index (χ4n) is 3.28. The topological polar surface area (TPSA) is 87.5 Å². The monoisotopic (exact) mass is 423 g/mol. The fraction of sp³-hybridized carbons (Fsp3) is 0.600. The Balaban J connectivity index is 2.10. The van der Waals surface area contributed by atoms with Gasteiger partial charge in [-0.2, -0.15) is 0 Å². The van der Waals surface area contributed by atoms with Crippen LogP contribution in [0.4, 0.5) is 0 Å². The number of likely N-dealkylation sites (N-methyl/N-ethyl adjacent to an activating group) is 1. The van der Waals surface area contributed by atoms with Crippen molar-refractivity contribution in [2.75, 3.05) is 40.3 Å². The number of carbonyl (C=O) groups excluding carboxylic acids is 1. The lowest BCUT2D eigenvalue weighted by Gasteiger charge is -2.17. The van der Waals surface area contributed by atoms with E-state index in [2.05, 4.69) is 29.0 Å². The maximum Gasteiger partial charge on any atom is 0.242 e. The number of rotatable bonds is 11. The van der Waals surface area contributed by atoms with Gasteiger partial charge in [0.2, 0.25) is 15.9 Å². The van der Waals surface area contributed by atoms with Crippen LogP contribution in [-0.4, -0.2) is 73.4 Å². The molecule has 1 N–H and O–H groups in total. The van der Waals surface area contributed by atoms with Gasteiger partial charge in [-0.15, -0.1) is 0 Å². The van der Waals surface area contributed by atoms with Gasteiger partial charge in [0, 0.05) is 46.6 Å². The van der Waals surface area contributed by atoms with Crippen LogP contribution in [0.15, 0.2) is 23.1 Å². The van der Waals surface area contributed by atoms with Crippen molar-refractivity contribution >= 4 is 27.0 Å². The first-order valence-electron chi connectivity index (χ1n) is 10.1. The van der Waals surface area contributed by atoms with E-state index < -0.39 is 10.0 Å². The third-order valence-electron chi connectivity index (χ3n) is 5.11. The number of carbonyl (C=O) groups is 1. The number of amides is 1. The van der Waals surface area contributed by atoms with Crippen LogP contribution in [0.3, 0.4) is 0 Å². The Morgan fingerprint density at radius 3 is 2.45 bits per heavy atom. The van der Waals surface area contributed by atoms with Gasteiger partial charge in [-0.05, 0) is 38.2 Å². The summed E-state index contributed by atoms with van der Waals surface area (Å²) in [5, 5.41) is 2.96. The minimum Gasteiger partial charge on any atom is -0.355 e. The zero-order valence-corrected chi connectivity index (χ0v) is 18.9. The lowest BCUT2D eigenvalue weighted by Crippen LogP contribution is -2.34. The first-order valence-corrected chi connectivity index (χ1v) is 11.6. The number of fused-ring (bicyclic) bond motifs is 1. The Morgan fingerprint density at radius 1 is 1.17 bits per heavy atom. The molecule has 0 aliphatic heterocycles. The van der Waals surface area contributed by atoms with E-state index in [-0.39, 0.29) is 10.8 Å². The van der Waals surface area contributed by atoms with Gasteiger partial charge in [-0.3, -0.25) is 4.79 Å². The number of hydrogen-bond donors (Lipinski definition) is 1. The van der Waals surface area contributed by atoms with E-state index in [0.717, 1.165) is 31.0 Å². The molecule has 0 saturated heterocycles. The molecule has 162 valence electrons. The summed E-state index contributed by atoms with van der Waals surface area (Å²) in [5.41, 5.74) is 1.51. The average molecular weight is 424 g/mol. The molecule has 8 nitrogen and oxygen atoms in total. The summed E-state index contributed by atoms with van der Waals surface area (Å²) in [6.45, 7) is 10.3. The molecule has 0 aliphatic carbocycles. The van der Waals surface area contributed by atoms with Gasteiger partial charge < -0.3 is 14.8 Å². The van der Waals surface area contributed by atoms with E-state index in [1.54, 1.807) is 18.2 Å². The quantitative estimate of drug-likeness (QED) is 0.594. The second-order valence-corrected chi connectivity index (χ2v) is 9.24. The highest BCUT2D eigenvalue weighted by molar-refractivity contribution is 7.89. The van der Waals surface area contributed by atoms with E-state index in [1.165, 1.54) is 18.4 Å². The summed E-state index contributed by atoms with van der Waals surface area (Å²) in [6.07, 6.45) is 0.861. The number of nitrogens with one attached hydrogen (secondary N) is 1. The Morgan fingerprint density at radius 2 is 1.86 bits per heavy atom. The number of sulfonamides is 1. The lowest BCUT2D eigenvalue weighted by atomic mass is 10.2. The molecule has 0 bridgehead atoms. The summed E-state index contributed by atoms with van der Waals surface area (Å²) in [5.74, 6) is 0.795. The highest BCUT2D eigenvalue weighted by Crippen LogP contribution is 2.22. The van der Waals surface area contributed by atoms with Crippen molar-refractivity contribution in [2.45, 2.75) is 45.1 Å². The van der Waals surface area contributed by atoms with Crippen molar-refractivity contribution in [2.24, 2.45) is 0 Å². The van der Waals surface area contributed by atoms with Crippen molar-refractivity contribution < 1.29 is 13.2 Å². The number of aromatic nitrogens is 2. The van der Waals surface area contributed by atoms with Gasteiger partial charge in [0.1, 0.15) is 5.82 Å². The predicted octanol–water partition coefficient (Wildman–Crippen LogP) is 1.70. The number of imidazole rings is 1. The van der Waals surface area contributed by atoms with Crippen LogP contribution in [0, 0.1) is 0 Å². The second-order valence-electron chi connectivity index (χ2n) is 7.09. The molecule has 1 amide bonds. The number of aryl methyl sites for hydroxylation is 2. The van der Waals surface area contributed by atoms with E-state index in [1.807, 2.05) is 11.5 Å². The van der Waals surface area contributed by atoms with Crippen molar-refractivity contribution in [1.29, 1.82) is 0 Å². The number of benzene rings is 1. The molecule has 0 radical (unpaired) electrons. The van der Waals surface area contributed by atoms with Gasteiger partial charge >= 0.3 is 0 Å². The van der Waals surface area contributed by atoms with Crippen molar-refractivity contribution in [3.63, 3.8) is 0 Å². The smallest absolute Gasteiger partial charge is 0.242 e. The van der Waals surface area contributed by atoms with Gasteiger partial charge in [0.05, 0.1) is 15.9 Å². The third-order valence-corrected chi connectivity index (χ3v) is 6.92. The fourth-order valence-corrected chi connectivity index (χ4v) is 4.20. The normalized spacial score (nSPS) is 12.2. The van der Waals surface area contributed by atoms with E-state index in [0.29, 0.717) is 31.4 Å².